The van der Waals surface area contributed by atoms with Crippen molar-refractivity contribution in [2.75, 3.05) is 0 Å². The first-order valence-corrected chi connectivity index (χ1v) is 5.66. The molecular formula is C13H17FO. The summed E-state index contributed by atoms with van der Waals surface area (Å²) in [5.41, 5.74) is 1.02. The summed E-state index contributed by atoms with van der Waals surface area (Å²) in [6, 6.07) is 6.40. The van der Waals surface area contributed by atoms with Crippen molar-refractivity contribution in [1.82, 2.24) is 0 Å². The maximum absolute atomic E-state index is 12.6. The zero-order valence-corrected chi connectivity index (χ0v) is 8.82. The molecule has 15 heavy (non-hydrogen) atoms. The Morgan fingerprint density at radius 3 is 2.47 bits per heavy atom. The zero-order valence-electron chi connectivity index (χ0n) is 8.82. The molecule has 0 radical (unpaired) electrons. The number of halogens is 1. The zero-order chi connectivity index (χ0) is 10.7. The summed E-state index contributed by atoms with van der Waals surface area (Å²) in [5, 5.41) is 9.81. The van der Waals surface area contributed by atoms with E-state index >= 15 is 0 Å². The highest BCUT2D eigenvalue weighted by Crippen LogP contribution is 2.31. The summed E-state index contributed by atoms with van der Waals surface area (Å²) in [7, 11) is 0. The Morgan fingerprint density at radius 2 is 1.93 bits per heavy atom. The fourth-order valence-electron chi connectivity index (χ4n) is 2.09. The van der Waals surface area contributed by atoms with Gasteiger partial charge in [-0.05, 0) is 36.5 Å². The van der Waals surface area contributed by atoms with Gasteiger partial charge in [-0.25, -0.2) is 4.39 Å². The van der Waals surface area contributed by atoms with Crippen LogP contribution in [0.2, 0.25) is 0 Å². The van der Waals surface area contributed by atoms with Gasteiger partial charge in [0.2, 0.25) is 0 Å². The van der Waals surface area contributed by atoms with E-state index < -0.39 is 0 Å². The number of hydrogen-bond donors (Lipinski definition) is 1. The molecule has 1 saturated carbocycles. The third-order valence-corrected chi connectivity index (χ3v) is 3.21. The van der Waals surface area contributed by atoms with Crippen molar-refractivity contribution in [2.45, 2.75) is 38.2 Å². The van der Waals surface area contributed by atoms with Gasteiger partial charge in [0.05, 0.1) is 6.10 Å². The Balaban J connectivity index is 1.82. The highest BCUT2D eigenvalue weighted by molar-refractivity contribution is 5.16. The second-order valence-electron chi connectivity index (χ2n) is 4.52. The maximum Gasteiger partial charge on any atom is 0.123 e. The minimum Gasteiger partial charge on any atom is -0.393 e. The monoisotopic (exact) mass is 208 g/mol. The van der Waals surface area contributed by atoms with E-state index in [4.69, 9.17) is 0 Å². The molecule has 1 aliphatic rings. The molecule has 1 aliphatic carbocycles. The fraction of sp³-hybridized carbons (Fsp3) is 0.538. The average molecular weight is 208 g/mol. The third-order valence-electron chi connectivity index (χ3n) is 3.21. The first-order valence-electron chi connectivity index (χ1n) is 5.66. The minimum atomic E-state index is -0.263. The SMILES string of the molecule is OC(Cc1ccc(F)cc1)CC1CCC1. The number of aliphatic hydroxyl groups excluding tert-OH is 1. The van der Waals surface area contributed by atoms with Crippen molar-refractivity contribution < 1.29 is 9.50 Å². The van der Waals surface area contributed by atoms with Gasteiger partial charge >= 0.3 is 0 Å². The summed E-state index contributed by atoms with van der Waals surface area (Å²) in [6.45, 7) is 0. The minimum absolute atomic E-state index is 0.216. The van der Waals surface area contributed by atoms with Gasteiger partial charge < -0.3 is 5.11 Å². The summed E-state index contributed by atoms with van der Waals surface area (Å²) < 4.78 is 12.6. The second-order valence-corrected chi connectivity index (χ2v) is 4.52. The molecule has 1 nitrogen and oxygen atoms in total. The molecule has 0 aromatic heterocycles. The van der Waals surface area contributed by atoms with Crippen molar-refractivity contribution in [3.8, 4) is 0 Å². The second kappa shape index (κ2) is 4.75. The van der Waals surface area contributed by atoms with Crippen LogP contribution >= 0.6 is 0 Å². The van der Waals surface area contributed by atoms with Crippen molar-refractivity contribution in [3.05, 3.63) is 35.6 Å². The Labute approximate surface area is 89.9 Å². The fourth-order valence-corrected chi connectivity index (χ4v) is 2.09. The Kier molecular flexibility index (Phi) is 3.37. The van der Waals surface area contributed by atoms with Crippen LogP contribution in [-0.2, 0) is 6.42 Å². The molecule has 1 atom stereocenters. The standard InChI is InChI=1S/C13H17FO/c14-12-6-4-11(5-7-12)9-13(15)8-10-2-1-3-10/h4-7,10,13,15H,1-3,8-9H2. The number of rotatable bonds is 4. The van der Waals surface area contributed by atoms with Crippen molar-refractivity contribution >= 4 is 0 Å². The maximum atomic E-state index is 12.6. The normalized spacial score (nSPS) is 18.5. The molecule has 1 fully saturated rings. The van der Waals surface area contributed by atoms with Gasteiger partial charge in [-0.15, -0.1) is 0 Å². The third kappa shape index (κ3) is 3.03. The molecule has 1 N–H and O–H groups in total. The molecule has 0 amide bonds. The van der Waals surface area contributed by atoms with Gasteiger partial charge in [-0.3, -0.25) is 0 Å². The molecule has 0 aliphatic heterocycles. The van der Waals surface area contributed by atoms with Crippen LogP contribution in [0.5, 0.6) is 0 Å². The molecule has 1 aromatic rings. The van der Waals surface area contributed by atoms with Crippen LogP contribution in [0.1, 0.15) is 31.2 Å². The van der Waals surface area contributed by atoms with E-state index in [1.54, 1.807) is 12.1 Å². The van der Waals surface area contributed by atoms with Gasteiger partial charge in [0, 0.05) is 0 Å². The number of hydrogen-bond acceptors (Lipinski definition) is 1. The summed E-state index contributed by atoms with van der Waals surface area (Å²) in [4.78, 5) is 0. The van der Waals surface area contributed by atoms with Gasteiger partial charge in [0.15, 0.2) is 0 Å². The number of aliphatic hydroxyl groups is 1. The van der Waals surface area contributed by atoms with Crippen LogP contribution in [0.3, 0.4) is 0 Å². The summed E-state index contributed by atoms with van der Waals surface area (Å²) in [6.07, 6.45) is 5.13. The molecule has 0 heterocycles. The summed E-state index contributed by atoms with van der Waals surface area (Å²) in [5.74, 6) is 0.507. The van der Waals surface area contributed by atoms with Gasteiger partial charge in [0.25, 0.3) is 0 Å². The van der Waals surface area contributed by atoms with Gasteiger partial charge in [-0.1, -0.05) is 31.4 Å². The van der Waals surface area contributed by atoms with Crippen molar-refractivity contribution in [1.29, 1.82) is 0 Å². The lowest BCUT2D eigenvalue weighted by molar-refractivity contribution is 0.118. The lowest BCUT2D eigenvalue weighted by Gasteiger charge is -2.27. The highest BCUT2D eigenvalue weighted by atomic mass is 19.1. The Bertz CT molecular complexity index is 303. The Hall–Kier alpha value is -0.890. The highest BCUT2D eigenvalue weighted by Gasteiger charge is 2.20. The molecular weight excluding hydrogens is 191 g/mol. The molecule has 2 rings (SSSR count). The van der Waals surface area contributed by atoms with E-state index in [1.165, 1.54) is 31.4 Å². The number of benzene rings is 1. The smallest absolute Gasteiger partial charge is 0.123 e. The van der Waals surface area contributed by atoms with Crippen LogP contribution in [-0.4, -0.2) is 11.2 Å². The molecule has 0 bridgehead atoms. The molecule has 1 unspecified atom stereocenters. The van der Waals surface area contributed by atoms with Crippen LogP contribution in [0.25, 0.3) is 0 Å². The van der Waals surface area contributed by atoms with Crippen LogP contribution in [0, 0.1) is 11.7 Å². The first-order chi connectivity index (χ1) is 7.24. The molecule has 0 spiro atoms. The van der Waals surface area contributed by atoms with Gasteiger partial charge in [0.1, 0.15) is 5.82 Å². The predicted octanol–water partition coefficient (Wildman–Crippen LogP) is 2.92. The molecule has 2 heteroatoms. The molecule has 0 saturated heterocycles. The van der Waals surface area contributed by atoms with Crippen molar-refractivity contribution in [2.24, 2.45) is 5.92 Å². The van der Waals surface area contributed by atoms with E-state index in [0.29, 0.717) is 6.42 Å². The first kappa shape index (κ1) is 10.6. The average Bonchev–Trinajstić information content (AvgIpc) is 2.16. The van der Waals surface area contributed by atoms with Crippen LogP contribution in [0.15, 0.2) is 24.3 Å². The molecule has 82 valence electrons. The topological polar surface area (TPSA) is 20.2 Å². The predicted molar refractivity (Wildman–Crippen MR) is 58.1 cm³/mol. The Morgan fingerprint density at radius 1 is 1.27 bits per heavy atom. The van der Waals surface area contributed by atoms with E-state index in [2.05, 4.69) is 0 Å². The molecule has 1 aromatic carbocycles. The van der Waals surface area contributed by atoms with Gasteiger partial charge in [-0.2, -0.15) is 0 Å². The quantitative estimate of drug-likeness (QED) is 0.806. The van der Waals surface area contributed by atoms with E-state index in [0.717, 1.165) is 17.9 Å². The van der Waals surface area contributed by atoms with E-state index in [9.17, 15) is 9.50 Å². The van der Waals surface area contributed by atoms with E-state index in [-0.39, 0.29) is 11.9 Å². The van der Waals surface area contributed by atoms with Crippen LogP contribution in [0.4, 0.5) is 4.39 Å². The summed E-state index contributed by atoms with van der Waals surface area (Å²) >= 11 is 0. The lowest BCUT2D eigenvalue weighted by atomic mass is 9.80. The van der Waals surface area contributed by atoms with E-state index in [1.807, 2.05) is 0 Å². The largest absolute Gasteiger partial charge is 0.393 e. The van der Waals surface area contributed by atoms with Crippen LogP contribution < -0.4 is 0 Å². The van der Waals surface area contributed by atoms with Crippen molar-refractivity contribution in [3.63, 3.8) is 0 Å². The lowest BCUT2D eigenvalue weighted by Crippen LogP contribution is -2.20.